The fourth-order valence-electron chi connectivity index (χ4n) is 1.80. The van der Waals surface area contributed by atoms with Crippen LogP contribution in [-0.4, -0.2) is 65.2 Å². The van der Waals surface area contributed by atoms with Gasteiger partial charge in [0.1, 0.15) is 11.6 Å². The molecule has 114 valence electrons. The summed E-state index contributed by atoms with van der Waals surface area (Å²) in [5.41, 5.74) is -1.03. The predicted molar refractivity (Wildman–Crippen MR) is 67.5 cm³/mol. The molecule has 0 bridgehead atoms. The third-order valence-electron chi connectivity index (χ3n) is 2.63. The maximum atomic E-state index is 11.9. The first kappa shape index (κ1) is 17.4. The van der Waals surface area contributed by atoms with E-state index in [1.165, 1.54) is 0 Å². The second-order valence-corrected chi connectivity index (χ2v) is 5.07. The first-order valence-electron chi connectivity index (χ1n) is 6.18. The molecular formula is C9H19B2NO8. The highest BCUT2D eigenvalue weighted by molar-refractivity contribution is 6.32. The van der Waals surface area contributed by atoms with Gasteiger partial charge in [-0.3, -0.25) is 10.1 Å². The number of nitrogens with one attached hydrogen (secondary N) is 1. The zero-order valence-electron chi connectivity index (χ0n) is 11.4. The van der Waals surface area contributed by atoms with Crippen molar-refractivity contribution in [2.24, 2.45) is 0 Å². The minimum atomic E-state index is -1.93. The number of carbonyl (C=O) groups is 1. The minimum Gasteiger partial charge on any atom is -0.456 e. The SMILES string of the molecule is CC(C)(COB(O)O)OC(=O)[C@H]1CC[C@@H](OB(O)O)N1. The molecule has 0 amide bonds. The van der Waals surface area contributed by atoms with Gasteiger partial charge in [0.15, 0.2) is 0 Å². The molecule has 0 aliphatic carbocycles. The Morgan fingerprint density at radius 1 is 1.25 bits per heavy atom. The molecule has 0 spiro atoms. The van der Waals surface area contributed by atoms with Crippen LogP contribution in [0.5, 0.6) is 0 Å². The fourth-order valence-corrected chi connectivity index (χ4v) is 1.80. The van der Waals surface area contributed by atoms with Crippen LogP contribution < -0.4 is 5.32 Å². The van der Waals surface area contributed by atoms with Crippen molar-refractivity contribution >= 4 is 20.6 Å². The normalized spacial score (nSPS) is 22.7. The average molecular weight is 291 g/mol. The molecule has 9 nitrogen and oxygen atoms in total. The van der Waals surface area contributed by atoms with E-state index in [9.17, 15) is 4.79 Å². The predicted octanol–water partition coefficient (Wildman–Crippen LogP) is -2.64. The molecule has 0 aromatic rings. The van der Waals surface area contributed by atoms with Crippen LogP contribution in [0.1, 0.15) is 26.7 Å². The second-order valence-electron chi connectivity index (χ2n) is 5.07. The average Bonchev–Trinajstić information content (AvgIpc) is 2.73. The van der Waals surface area contributed by atoms with E-state index >= 15 is 0 Å². The van der Waals surface area contributed by atoms with Crippen LogP contribution in [0.25, 0.3) is 0 Å². The van der Waals surface area contributed by atoms with Gasteiger partial charge in [0.25, 0.3) is 0 Å². The first-order valence-corrected chi connectivity index (χ1v) is 6.18. The molecule has 1 aliphatic heterocycles. The lowest BCUT2D eigenvalue weighted by atomic mass is 10.1. The molecule has 0 aromatic carbocycles. The van der Waals surface area contributed by atoms with Crippen molar-refractivity contribution in [3.8, 4) is 0 Å². The van der Waals surface area contributed by atoms with Crippen LogP contribution in [0.4, 0.5) is 0 Å². The summed E-state index contributed by atoms with van der Waals surface area (Å²) >= 11 is 0. The zero-order chi connectivity index (χ0) is 15.3. The molecule has 1 rings (SSSR count). The molecule has 0 saturated carbocycles. The van der Waals surface area contributed by atoms with E-state index in [1.807, 2.05) is 0 Å². The lowest BCUT2D eigenvalue weighted by Crippen LogP contribution is -2.44. The van der Waals surface area contributed by atoms with E-state index in [-0.39, 0.29) is 6.61 Å². The number of rotatable bonds is 7. The van der Waals surface area contributed by atoms with E-state index in [1.54, 1.807) is 13.8 Å². The number of esters is 1. The highest BCUT2D eigenvalue weighted by Crippen LogP contribution is 2.18. The topological polar surface area (TPSA) is 138 Å². The van der Waals surface area contributed by atoms with Gasteiger partial charge in [-0.15, -0.1) is 0 Å². The van der Waals surface area contributed by atoms with Gasteiger partial charge in [-0.25, -0.2) is 0 Å². The molecular weight excluding hydrogens is 272 g/mol. The van der Waals surface area contributed by atoms with E-state index in [0.717, 1.165) is 0 Å². The Morgan fingerprint density at radius 3 is 2.45 bits per heavy atom. The summed E-state index contributed by atoms with van der Waals surface area (Å²) < 4.78 is 14.5. The molecule has 20 heavy (non-hydrogen) atoms. The first-order chi connectivity index (χ1) is 9.19. The summed E-state index contributed by atoms with van der Waals surface area (Å²) in [5, 5.41) is 37.3. The highest BCUT2D eigenvalue weighted by atomic mass is 16.6. The Hall–Kier alpha value is -0.680. The van der Waals surface area contributed by atoms with Crippen molar-refractivity contribution < 1.29 is 38.9 Å². The van der Waals surface area contributed by atoms with Crippen LogP contribution in [0.2, 0.25) is 0 Å². The third kappa shape index (κ3) is 6.18. The lowest BCUT2D eigenvalue weighted by Gasteiger charge is -2.26. The monoisotopic (exact) mass is 291 g/mol. The van der Waals surface area contributed by atoms with Gasteiger partial charge in [-0.05, 0) is 26.7 Å². The highest BCUT2D eigenvalue weighted by Gasteiger charge is 2.35. The Kier molecular flexibility index (Phi) is 6.40. The third-order valence-corrected chi connectivity index (χ3v) is 2.63. The van der Waals surface area contributed by atoms with E-state index in [2.05, 4.69) is 9.97 Å². The molecule has 1 fully saturated rings. The van der Waals surface area contributed by atoms with Gasteiger partial charge in [0.2, 0.25) is 0 Å². The summed E-state index contributed by atoms with van der Waals surface area (Å²) in [6, 6.07) is -0.628. The van der Waals surface area contributed by atoms with Crippen molar-refractivity contribution in [3.05, 3.63) is 0 Å². The van der Waals surface area contributed by atoms with E-state index < -0.39 is 38.5 Å². The Morgan fingerprint density at radius 2 is 1.90 bits per heavy atom. The summed E-state index contributed by atoms with van der Waals surface area (Å²) in [7, 11) is -3.83. The Balaban J connectivity index is 2.39. The van der Waals surface area contributed by atoms with Crippen molar-refractivity contribution in [1.29, 1.82) is 0 Å². The Bertz CT molecular complexity index is 327. The number of carbonyl (C=O) groups excluding carboxylic acids is 1. The van der Waals surface area contributed by atoms with Crippen molar-refractivity contribution in [1.82, 2.24) is 5.32 Å². The van der Waals surface area contributed by atoms with Crippen LogP contribution in [-0.2, 0) is 18.8 Å². The van der Waals surface area contributed by atoms with Crippen molar-refractivity contribution in [2.45, 2.75) is 44.6 Å². The van der Waals surface area contributed by atoms with Gasteiger partial charge in [0, 0.05) is 0 Å². The van der Waals surface area contributed by atoms with Crippen molar-refractivity contribution in [3.63, 3.8) is 0 Å². The summed E-state index contributed by atoms with van der Waals surface area (Å²) in [6.07, 6.45) is 0.227. The molecule has 0 aromatic heterocycles. The maximum absolute atomic E-state index is 11.9. The summed E-state index contributed by atoms with van der Waals surface area (Å²) in [5.74, 6) is -0.551. The number of hydrogen-bond donors (Lipinski definition) is 5. The van der Waals surface area contributed by atoms with Crippen LogP contribution in [0, 0.1) is 0 Å². The maximum Gasteiger partial charge on any atom is 0.635 e. The smallest absolute Gasteiger partial charge is 0.456 e. The number of ether oxygens (including phenoxy) is 1. The zero-order valence-corrected chi connectivity index (χ0v) is 11.4. The van der Waals surface area contributed by atoms with E-state index in [4.69, 9.17) is 29.5 Å². The molecule has 0 unspecified atom stereocenters. The van der Waals surface area contributed by atoms with Gasteiger partial charge < -0.3 is 34.1 Å². The summed E-state index contributed by atoms with van der Waals surface area (Å²) in [6.45, 7) is 2.94. The minimum absolute atomic E-state index is 0.182. The fraction of sp³-hybridized carbons (Fsp3) is 0.889. The molecule has 2 atom stereocenters. The standard InChI is InChI=1S/C9H19B2NO8/c1-9(2,5-18-10(14)15)19-8(13)6-3-4-7(12-6)20-11(16)17/h6-7,12,14-17H,3-5H2,1-2H3/t6-,7-/m1/s1. The molecule has 1 saturated heterocycles. The van der Waals surface area contributed by atoms with Gasteiger partial charge >= 0.3 is 20.6 Å². The van der Waals surface area contributed by atoms with Crippen LogP contribution >= 0.6 is 0 Å². The molecule has 0 radical (unpaired) electrons. The molecule has 5 N–H and O–H groups in total. The lowest BCUT2D eigenvalue weighted by molar-refractivity contribution is -0.162. The molecule has 1 heterocycles. The quantitative estimate of drug-likeness (QED) is 0.251. The van der Waals surface area contributed by atoms with Gasteiger partial charge in [-0.2, -0.15) is 0 Å². The largest absolute Gasteiger partial charge is 0.635 e. The molecule has 1 aliphatic rings. The number of hydrogen-bond acceptors (Lipinski definition) is 9. The second kappa shape index (κ2) is 7.36. The van der Waals surface area contributed by atoms with Gasteiger partial charge in [0.05, 0.1) is 12.8 Å². The van der Waals surface area contributed by atoms with E-state index in [0.29, 0.717) is 12.8 Å². The Labute approximate surface area is 117 Å². The van der Waals surface area contributed by atoms with Crippen molar-refractivity contribution in [2.75, 3.05) is 6.61 Å². The van der Waals surface area contributed by atoms with Crippen LogP contribution in [0.3, 0.4) is 0 Å². The van der Waals surface area contributed by atoms with Gasteiger partial charge in [-0.1, -0.05) is 0 Å². The molecule has 11 heteroatoms. The summed E-state index contributed by atoms with van der Waals surface area (Å²) in [4.78, 5) is 11.9. The van der Waals surface area contributed by atoms with Crippen LogP contribution in [0.15, 0.2) is 0 Å².